The SMILES string of the molecule is FC(F)c1ncc(CBr)c(C(F)(F)F)c1Cl. The number of halogens is 7. The van der Waals surface area contributed by atoms with Gasteiger partial charge in [0, 0.05) is 11.5 Å². The number of hydrogen-bond donors (Lipinski definition) is 0. The van der Waals surface area contributed by atoms with Crippen LogP contribution in [0.3, 0.4) is 0 Å². The third-order valence-electron chi connectivity index (χ3n) is 1.76. The Morgan fingerprint density at radius 3 is 2.31 bits per heavy atom. The predicted molar refractivity (Wildman–Crippen MR) is 51.8 cm³/mol. The van der Waals surface area contributed by atoms with Crippen molar-refractivity contribution >= 4 is 27.5 Å². The highest BCUT2D eigenvalue weighted by Gasteiger charge is 2.38. The fourth-order valence-electron chi connectivity index (χ4n) is 1.10. The monoisotopic (exact) mass is 323 g/mol. The number of rotatable bonds is 2. The average molecular weight is 324 g/mol. The molecule has 0 fully saturated rings. The summed E-state index contributed by atoms with van der Waals surface area (Å²) < 4.78 is 62.3. The first kappa shape index (κ1) is 13.6. The Hall–Kier alpha value is -0.430. The molecule has 0 aliphatic carbocycles. The van der Waals surface area contributed by atoms with Crippen molar-refractivity contribution < 1.29 is 22.0 Å². The van der Waals surface area contributed by atoms with Gasteiger partial charge in [-0.05, 0) is 5.56 Å². The molecule has 1 nitrogen and oxygen atoms in total. The third-order valence-corrected chi connectivity index (χ3v) is 2.75. The van der Waals surface area contributed by atoms with Crippen molar-refractivity contribution in [3.63, 3.8) is 0 Å². The van der Waals surface area contributed by atoms with Crippen molar-refractivity contribution in [2.24, 2.45) is 0 Å². The van der Waals surface area contributed by atoms with Gasteiger partial charge in [-0.2, -0.15) is 13.2 Å². The highest BCUT2D eigenvalue weighted by molar-refractivity contribution is 9.08. The summed E-state index contributed by atoms with van der Waals surface area (Å²) in [6, 6.07) is 0. The highest BCUT2D eigenvalue weighted by atomic mass is 79.9. The van der Waals surface area contributed by atoms with Gasteiger partial charge in [0.2, 0.25) is 0 Å². The van der Waals surface area contributed by atoms with Crippen LogP contribution in [-0.4, -0.2) is 4.98 Å². The molecule has 16 heavy (non-hydrogen) atoms. The molecule has 1 rings (SSSR count). The second-order valence-electron chi connectivity index (χ2n) is 2.79. The van der Waals surface area contributed by atoms with Gasteiger partial charge in [-0.25, -0.2) is 8.78 Å². The van der Waals surface area contributed by atoms with E-state index >= 15 is 0 Å². The second-order valence-corrected chi connectivity index (χ2v) is 3.73. The van der Waals surface area contributed by atoms with E-state index in [1.54, 1.807) is 0 Å². The molecule has 1 aromatic heterocycles. The van der Waals surface area contributed by atoms with Crippen molar-refractivity contribution in [2.75, 3.05) is 0 Å². The molecule has 1 aromatic rings. The molecule has 0 N–H and O–H groups in total. The molecule has 8 heteroatoms. The van der Waals surface area contributed by atoms with Crippen LogP contribution in [0.2, 0.25) is 5.02 Å². The minimum atomic E-state index is -4.78. The third kappa shape index (κ3) is 2.63. The molecule has 0 bridgehead atoms. The Morgan fingerprint density at radius 1 is 1.38 bits per heavy atom. The van der Waals surface area contributed by atoms with Crippen LogP contribution in [0.15, 0.2) is 6.20 Å². The molecule has 0 aliphatic rings. The van der Waals surface area contributed by atoms with Crippen molar-refractivity contribution in [1.82, 2.24) is 4.98 Å². The molecule has 90 valence electrons. The lowest BCUT2D eigenvalue weighted by atomic mass is 10.1. The fourth-order valence-corrected chi connectivity index (χ4v) is 1.88. The van der Waals surface area contributed by atoms with Gasteiger partial charge < -0.3 is 0 Å². The summed E-state index contributed by atoms with van der Waals surface area (Å²) in [7, 11) is 0. The van der Waals surface area contributed by atoms with Gasteiger partial charge in [0.25, 0.3) is 6.43 Å². The molecule has 0 saturated heterocycles. The van der Waals surface area contributed by atoms with Crippen molar-refractivity contribution in [1.29, 1.82) is 0 Å². The first-order valence-electron chi connectivity index (χ1n) is 3.87. The molecular weight excluding hydrogens is 320 g/mol. The van der Waals surface area contributed by atoms with Gasteiger partial charge in [-0.1, -0.05) is 27.5 Å². The minimum absolute atomic E-state index is 0.169. The van der Waals surface area contributed by atoms with E-state index in [9.17, 15) is 22.0 Å². The normalized spacial score (nSPS) is 12.2. The second kappa shape index (κ2) is 4.83. The molecular formula is C8H4BrClF5N. The largest absolute Gasteiger partial charge is 0.418 e. The average Bonchev–Trinajstić information content (AvgIpc) is 2.14. The maximum absolute atomic E-state index is 12.6. The molecule has 0 radical (unpaired) electrons. The van der Waals surface area contributed by atoms with Gasteiger partial charge in [0.05, 0.1) is 10.6 Å². The first-order valence-corrected chi connectivity index (χ1v) is 5.37. The molecule has 1 heterocycles. The summed E-state index contributed by atoms with van der Waals surface area (Å²) in [4.78, 5) is 3.21. The topological polar surface area (TPSA) is 12.9 Å². The first-order chi connectivity index (χ1) is 7.29. The summed E-state index contributed by atoms with van der Waals surface area (Å²) in [6.07, 6.45) is -7.18. The lowest BCUT2D eigenvalue weighted by Crippen LogP contribution is -2.12. The predicted octanol–water partition coefficient (Wildman–Crippen LogP) is 4.59. The van der Waals surface area contributed by atoms with Crippen LogP contribution >= 0.6 is 27.5 Å². The van der Waals surface area contributed by atoms with E-state index in [0.717, 1.165) is 6.20 Å². The standard InChI is InChI=1S/C8H4BrClF5N/c9-1-3-2-16-6(7(11)12)5(10)4(3)8(13,14)15/h2,7H,1H2. The van der Waals surface area contributed by atoms with E-state index in [2.05, 4.69) is 20.9 Å². The number of nitrogens with zero attached hydrogens (tertiary/aromatic N) is 1. The van der Waals surface area contributed by atoms with E-state index in [1.807, 2.05) is 0 Å². The fraction of sp³-hybridized carbons (Fsp3) is 0.375. The van der Waals surface area contributed by atoms with Crippen LogP contribution in [-0.2, 0) is 11.5 Å². The van der Waals surface area contributed by atoms with E-state index in [4.69, 9.17) is 11.6 Å². The summed E-state index contributed by atoms with van der Waals surface area (Å²) in [6.45, 7) is 0. The van der Waals surface area contributed by atoms with Gasteiger partial charge in [-0.3, -0.25) is 4.98 Å². The molecule has 0 aromatic carbocycles. The summed E-state index contributed by atoms with van der Waals surface area (Å²) >= 11 is 8.10. The maximum Gasteiger partial charge on any atom is 0.418 e. The Labute approximate surface area is 101 Å². The van der Waals surface area contributed by atoms with Gasteiger partial charge in [0.1, 0.15) is 5.69 Å². The number of hydrogen-bond acceptors (Lipinski definition) is 1. The Kier molecular flexibility index (Phi) is 4.12. The molecule has 0 atom stereocenters. The number of alkyl halides is 6. The van der Waals surface area contributed by atoms with Crippen molar-refractivity contribution in [2.45, 2.75) is 17.9 Å². The zero-order valence-corrected chi connectivity index (χ0v) is 9.80. The Balaban J connectivity index is 3.47. The molecule has 0 amide bonds. The number of aromatic nitrogens is 1. The lowest BCUT2D eigenvalue weighted by Gasteiger charge is -2.14. The lowest BCUT2D eigenvalue weighted by molar-refractivity contribution is -0.138. The Morgan fingerprint density at radius 2 is 1.94 bits per heavy atom. The maximum atomic E-state index is 12.6. The molecule has 0 unspecified atom stereocenters. The number of pyridine rings is 1. The summed E-state index contributed by atoms with van der Waals surface area (Å²) in [5, 5.41) is -1.21. The highest BCUT2D eigenvalue weighted by Crippen LogP contribution is 2.40. The van der Waals surface area contributed by atoms with Crippen LogP contribution in [0.5, 0.6) is 0 Å². The van der Waals surface area contributed by atoms with Crippen LogP contribution < -0.4 is 0 Å². The van der Waals surface area contributed by atoms with Crippen molar-refractivity contribution in [3.8, 4) is 0 Å². The zero-order chi connectivity index (χ0) is 12.5. The molecule has 0 aliphatic heterocycles. The smallest absolute Gasteiger partial charge is 0.253 e. The van der Waals surface area contributed by atoms with E-state index in [-0.39, 0.29) is 10.9 Å². The van der Waals surface area contributed by atoms with E-state index in [0.29, 0.717) is 0 Å². The minimum Gasteiger partial charge on any atom is -0.253 e. The zero-order valence-electron chi connectivity index (χ0n) is 7.45. The van der Waals surface area contributed by atoms with E-state index < -0.39 is 28.9 Å². The van der Waals surface area contributed by atoms with Crippen LogP contribution in [0, 0.1) is 0 Å². The van der Waals surface area contributed by atoms with Gasteiger partial charge >= 0.3 is 6.18 Å². The van der Waals surface area contributed by atoms with Crippen LogP contribution in [0.4, 0.5) is 22.0 Å². The summed E-state index contributed by atoms with van der Waals surface area (Å²) in [5.74, 6) is 0. The van der Waals surface area contributed by atoms with Crippen molar-refractivity contribution in [3.05, 3.63) is 28.0 Å². The summed E-state index contributed by atoms with van der Waals surface area (Å²) in [5.41, 5.74) is -2.60. The van der Waals surface area contributed by atoms with Gasteiger partial charge in [0.15, 0.2) is 0 Å². The van der Waals surface area contributed by atoms with Crippen LogP contribution in [0.25, 0.3) is 0 Å². The van der Waals surface area contributed by atoms with Gasteiger partial charge in [-0.15, -0.1) is 0 Å². The molecule has 0 spiro atoms. The quantitative estimate of drug-likeness (QED) is 0.573. The van der Waals surface area contributed by atoms with E-state index in [1.165, 1.54) is 0 Å². The molecule has 0 saturated carbocycles. The van der Waals surface area contributed by atoms with Crippen LogP contribution in [0.1, 0.15) is 23.2 Å². The Bertz CT molecular complexity index is 393.